The molecular formula is C15H24N2O2. The van der Waals surface area contributed by atoms with Gasteiger partial charge in [-0.1, -0.05) is 24.3 Å². The van der Waals surface area contributed by atoms with E-state index in [1.165, 1.54) is 11.1 Å². The zero-order valence-corrected chi connectivity index (χ0v) is 11.7. The lowest BCUT2D eigenvalue weighted by atomic mass is 10.1. The Hall–Kier alpha value is -0.940. The summed E-state index contributed by atoms with van der Waals surface area (Å²) in [5, 5.41) is 3.51. The number of nitrogens with zero attached hydrogens (tertiary/aromatic N) is 1. The number of benzene rings is 1. The van der Waals surface area contributed by atoms with E-state index in [1.807, 2.05) is 0 Å². The zero-order chi connectivity index (χ0) is 13.3. The third kappa shape index (κ3) is 4.91. The van der Waals surface area contributed by atoms with Crippen molar-refractivity contribution in [3.63, 3.8) is 0 Å². The molecule has 106 valence electrons. The molecule has 1 aliphatic rings. The molecule has 0 amide bonds. The summed E-state index contributed by atoms with van der Waals surface area (Å²) in [4.78, 5) is 2.44. The van der Waals surface area contributed by atoms with E-state index in [2.05, 4.69) is 34.5 Å². The topological polar surface area (TPSA) is 33.7 Å². The van der Waals surface area contributed by atoms with E-state index in [9.17, 15) is 0 Å². The van der Waals surface area contributed by atoms with Gasteiger partial charge >= 0.3 is 0 Å². The van der Waals surface area contributed by atoms with Crippen LogP contribution in [0.3, 0.4) is 0 Å². The maximum atomic E-state index is 5.34. The average molecular weight is 264 g/mol. The lowest BCUT2D eigenvalue weighted by molar-refractivity contribution is 0.0384. The largest absolute Gasteiger partial charge is 0.380 e. The molecule has 0 aromatic heterocycles. The van der Waals surface area contributed by atoms with Gasteiger partial charge in [-0.2, -0.15) is 0 Å². The highest BCUT2D eigenvalue weighted by molar-refractivity contribution is 5.26. The summed E-state index contributed by atoms with van der Waals surface area (Å²) in [6, 6.07) is 8.43. The molecule has 2 rings (SSSR count). The van der Waals surface area contributed by atoms with Crippen LogP contribution in [-0.4, -0.2) is 51.4 Å². The van der Waals surface area contributed by atoms with Gasteiger partial charge in [-0.3, -0.25) is 4.90 Å². The molecular weight excluding hydrogens is 240 g/mol. The molecule has 1 aromatic carbocycles. The fraction of sp³-hybridized carbons (Fsp3) is 0.600. The first-order chi connectivity index (χ1) is 9.40. The summed E-state index contributed by atoms with van der Waals surface area (Å²) >= 11 is 0. The molecule has 0 aliphatic carbocycles. The highest BCUT2D eigenvalue weighted by atomic mass is 16.5. The number of methoxy groups -OCH3 is 1. The van der Waals surface area contributed by atoms with E-state index < -0.39 is 0 Å². The smallest absolute Gasteiger partial charge is 0.0716 e. The lowest BCUT2D eigenvalue weighted by Crippen LogP contribution is -2.40. The first-order valence-electron chi connectivity index (χ1n) is 6.96. The van der Waals surface area contributed by atoms with Crippen molar-refractivity contribution in [3.8, 4) is 0 Å². The zero-order valence-electron chi connectivity index (χ0n) is 11.7. The van der Waals surface area contributed by atoms with Crippen molar-refractivity contribution in [1.29, 1.82) is 0 Å². The summed E-state index contributed by atoms with van der Waals surface area (Å²) in [5.74, 6) is 0. The first kappa shape index (κ1) is 14.5. The van der Waals surface area contributed by atoms with Gasteiger partial charge in [-0.15, -0.1) is 0 Å². The minimum atomic E-state index is 0.682. The lowest BCUT2D eigenvalue weighted by Gasteiger charge is -2.26. The predicted octanol–water partition coefficient (Wildman–Crippen LogP) is 1.25. The van der Waals surface area contributed by atoms with E-state index in [0.717, 1.165) is 45.9 Å². The van der Waals surface area contributed by atoms with Crippen LogP contribution in [0, 0.1) is 0 Å². The molecule has 0 unspecified atom stereocenters. The standard InChI is InChI=1S/C15H24N2O2/c1-18-13-15-5-3-2-4-14(15)12-16-6-7-17-8-10-19-11-9-17/h2-5,16H,6-13H2,1H3. The van der Waals surface area contributed by atoms with Gasteiger partial charge in [0.15, 0.2) is 0 Å². The molecule has 1 aromatic rings. The minimum absolute atomic E-state index is 0.682. The molecule has 1 heterocycles. The number of hydrogen-bond acceptors (Lipinski definition) is 4. The van der Waals surface area contributed by atoms with Crippen molar-refractivity contribution in [2.75, 3.05) is 46.5 Å². The Morgan fingerprint density at radius 1 is 1.21 bits per heavy atom. The van der Waals surface area contributed by atoms with E-state index in [1.54, 1.807) is 7.11 Å². The van der Waals surface area contributed by atoms with Crippen molar-refractivity contribution in [1.82, 2.24) is 10.2 Å². The number of nitrogens with one attached hydrogen (secondary N) is 1. The normalized spacial score (nSPS) is 16.7. The van der Waals surface area contributed by atoms with Crippen LogP contribution in [0.4, 0.5) is 0 Å². The summed E-state index contributed by atoms with van der Waals surface area (Å²) in [7, 11) is 1.74. The Balaban J connectivity index is 1.70. The summed E-state index contributed by atoms with van der Waals surface area (Å²) in [6.45, 7) is 7.56. The van der Waals surface area contributed by atoms with Gasteiger partial charge in [-0.05, 0) is 11.1 Å². The van der Waals surface area contributed by atoms with Crippen LogP contribution in [0.2, 0.25) is 0 Å². The minimum Gasteiger partial charge on any atom is -0.380 e. The summed E-state index contributed by atoms with van der Waals surface area (Å²) in [5.41, 5.74) is 2.59. The molecule has 4 nitrogen and oxygen atoms in total. The molecule has 0 radical (unpaired) electrons. The SMILES string of the molecule is COCc1ccccc1CNCCN1CCOCC1. The van der Waals surface area contributed by atoms with E-state index in [0.29, 0.717) is 6.61 Å². The molecule has 1 aliphatic heterocycles. The van der Waals surface area contributed by atoms with Crippen molar-refractivity contribution in [2.24, 2.45) is 0 Å². The predicted molar refractivity (Wildman–Crippen MR) is 76.1 cm³/mol. The highest BCUT2D eigenvalue weighted by Crippen LogP contribution is 2.09. The molecule has 19 heavy (non-hydrogen) atoms. The van der Waals surface area contributed by atoms with E-state index >= 15 is 0 Å². The van der Waals surface area contributed by atoms with Gasteiger partial charge < -0.3 is 14.8 Å². The van der Waals surface area contributed by atoms with Gasteiger partial charge in [0.2, 0.25) is 0 Å². The quantitative estimate of drug-likeness (QED) is 0.752. The van der Waals surface area contributed by atoms with Crippen LogP contribution in [0.1, 0.15) is 11.1 Å². The fourth-order valence-electron chi connectivity index (χ4n) is 2.31. The molecule has 0 spiro atoms. The average Bonchev–Trinajstić information content (AvgIpc) is 2.47. The maximum Gasteiger partial charge on any atom is 0.0716 e. The monoisotopic (exact) mass is 264 g/mol. The Morgan fingerprint density at radius 2 is 1.95 bits per heavy atom. The van der Waals surface area contributed by atoms with E-state index in [4.69, 9.17) is 9.47 Å². The van der Waals surface area contributed by atoms with Gasteiger partial charge in [0, 0.05) is 39.8 Å². The Labute approximate surface area is 115 Å². The maximum absolute atomic E-state index is 5.34. The van der Waals surface area contributed by atoms with Gasteiger partial charge in [-0.25, -0.2) is 0 Å². The van der Waals surface area contributed by atoms with Crippen LogP contribution in [0.5, 0.6) is 0 Å². The number of rotatable bonds is 7. The molecule has 1 saturated heterocycles. The van der Waals surface area contributed by atoms with Crippen LogP contribution < -0.4 is 5.32 Å². The van der Waals surface area contributed by atoms with E-state index in [-0.39, 0.29) is 0 Å². The van der Waals surface area contributed by atoms with Crippen molar-refractivity contribution < 1.29 is 9.47 Å². The second-order valence-corrected chi connectivity index (χ2v) is 4.83. The van der Waals surface area contributed by atoms with Crippen molar-refractivity contribution >= 4 is 0 Å². The van der Waals surface area contributed by atoms with Crippen LogP contribution in [0.25, 0.3) is 0 Å². The molecule has 0 saturated carbocycles. The second kappa shape index (κ2) is 8.27. The first-order valence-corrected chi connectivity index (χ1v) is 6.96. The Morgan fingerprint density at radius 3 is 2.68 bits per heavy atom. The molecule has 1 N–H and O–H groups in total. The number of ether oxygens (including phenoxy) is 2. The molecule has 0 bridgehead atoms. The molecule has 1 fully saturated rings. The van der Waals surface area contributed by atoms with Crippen molar-refractivity contribution in [3.05, 3.63) is 35.4 Å². The number of hydrogen-bond donors (Lipinski definition) is 1. The van der Waals surface area contributed by atoms with Crippen LogP contribution in [-0.2, 0) is 22.6 Å². The Kier molecular flexibility index (Phi) is 6.30. The van der Waals surface area contributed by atoms with Crippen molar-refractivity contribution in [2.45, 2.75) is 13.2 Å². The van der Waals surface area contributed by atoms with Crippen LogP contribution in [0.15, 0.2) is 24.3 Å². The summed E-state index contributed by atoms with van der Waals surface area (Å²) < 4.78 is 10.6. The highest BCUT2D eigenvalue weighted by Gasteiger charge is 2.09. The van der Waals surface area contributed by atoms with Gasteiger partial charge in [0.1, 0.15) is 0 Å². The van der Waals surface area contributed by atoms with Gasteiger partial charge in [0.25, 0.3) is 0 Å². The third-order valence-electron chi connectivity index (χ3n) is 3.44. The van der Waals surface area contributed by atoms with Crippen LogP contribution >= 0.6 is 0 Å². The second-order valence-electron chi connectivity index (χ2n) is 4.83. The summed E-state index contributed by atoms with van der Waals surface area (Å²) in [6.07, 6.45) is 0. The third-order valence-corrected chi connectivity index (χ3v) is 3.44. The molecule has 0 atom stereocenters. The van der Waals surface area contributed by atoms with Gasteiger partial charge in [0.05, 0.1) is 19.8 Å². The molecule has 4 heteroatoms. The fourth-order valence-corrected chi connectivity index (χ4v) is 2.31. The number of morpholine rings is 1. The Bertz CT molecular complexity index is 365.